The molecule has 3 aromatic carbocycles. The minimum atomic E-state index is -1.99. The Labute approximate surface area is 172 Å². The summed E-state index contributed by atoms with van der Waals surface area (Å²) in [5.74, 6) is -0.293. The topological polar surface area (TPSA) is 26.3 Å². The standard InChI is InChI=1S/C24H25O2PS/c1-24(2,26-23(25)20-12-6-3-7-13-20)18-19-27(28,21-14-8-4-9-15-21)22-16-10-5-11-17-22/h3-17H,18-19H2,1-2H3. The highest BCUT2D eigenvalue weighted by Crippen LogP contribution is 2.45. The molecule has 0 aliphatic heterocycles. The van der Waals surface area contributed by atoms with E-state index in [4.69, 9.17) is 16.5 Å². The maximum Gasteiger partial charge on any atom is 0.338 e. The van der Waals surface area contributed by atoms with Crippen LogP contribution in [-0.4, -0.2) is 17.7 Å². The second-order valence-electron chi connectivity index (χ2n) is 7.40. The molecule has 3 aromatic rings. The summed E-state index contributed by atoms with van der Waals surface area (Å²) in [6.07, 6.45) is 1.50. The molecule has 0 bridgehead atoms. The van der Waals surface area contributed by atoms with Gasteiger partial charge in [-0.15, -0.1) is 0 Å². The van der Waals surface area contributed by atoms with E-state index in [1.165, 1.54) is 10.6 Å². The van der Waals surface area contributed by atoms with Crippen LogP contribution < -0.4 is 10.6 Å². The summed E-state index contributed by atoms with van der Waals surface area (Å²) in [5.41, 5.74) is -0.0262. The predicted octanol–water partition coefficient (Wildman–Crippen LogP) is 5.14. The molecule has 4 heteroatoms. The number of esters is 1. The average Bonchev–Trinajstić information content (AvgIpc) is 2.74. The zero-order chi connectivity index (χ0) is 20.0. The van der Waals surface area contributed by atoms with Crippen molar-refractivity contribution in [2.75, 3.05) is 6.16 Å². The van der Waals surface area contributed by atoms with Crippen LogP contribution in [-0.2, 0) is 16.5 Å². The minimum absolute atomic E-state index is 0.293. The van der Waals surface area contributed by atoms with E-state index in [2.05, 4.69) is 24.3 Å². The zero-order valence-corrected chi connectivity index (χ0v) is 18.0. The van der Waals surface area contributed by atoms with Crippen LogP contribution in [0.3, 0.4) is 0 Å². The third-order valence-electron chi connectivity index (χ3n) is 4.75. The van der Waals surface area contributed by atoms with Crippen molar-refractivity contribution in [3.8, 4) is 0 Å². The number of carbonyl (C=O) groups is 1. The van der Waals surface area contributed by atoms with Gasteiger partial charge in [0.2, 0.25) is 0 Å². The molecular formula is C24H25O2PS. The molecule has 0 radical (unpaired) electrons. The number of ether oxygens (including phenoxy) is 1. The van der Waals surface area contributed by atoms with Crippen LogP contribution in [0.5, 0.6) is 0 Å². The Morgan fingerprint density at radius 1 is 0.821 bits per heavy atom. The van der Waals surface area contributed by atoms with Crippen LogP contribution in [0.15, 0.2) is 91.0 Å². The Morgan fingerprint density at radius 3 is 1.71 bits per heavy atom. The number of rotatable bonds is 7. The van der Waals surface area contributed by atoms with Crippen LogP contribution >= 0.6 is 6.04 Å². The molecule has 0 N–H and O–H groups in total. The smallest absolute Gasteiger partial charge is 0.338 e. The molecular weight excluding hydrogens is 383 g/mol. The Balaban J connectivity index is 1.80. The van der Waals surface area contributed by atoms with E-state index >= 15 is 0 Å². The summed E-state index contributed by atoms with van der Waals surface area (Å²) >= 11 is 6.28. The molecule has 0 heterocycles. The lowest BCUT2D eigenvalue weighted by molar-refractivity contribution is -0.00200. The van der Waals surface area contributed by atoms with Gasteiger partial charge in [0.05, 0.1) is 5.56 Å². The highest BCUT2D eigenvalue weighted by atomic mass is 32.4. The quantitative estimate of drug-likeness (QED) is 0.400. The van der Waals surface area contributed by atoms with E-state index in [9.17, 15) is 4.79 Å². The molecule has 0 spiro atoms. The second kappa shape index (κ2) is 8.86. The van der Waals surface area contributed by atoms with E-state index in [0.29, 0.717) is 12.0 Å². The van der Waals surface area contributed by atoms with Gasteiger partial charge in [-0.2, -0.15) is 0 Å². The van der Waals surface area contributed by atoms with Gasteiger partial charge in [-0.05, 0) is 49.2 Å². The first-order valence-electron chi connectivity index (χ1n) is 9.39. The van der Waals surface area contributed by atoms with E-state index in [1.54, 1.807) is 12.1 Å². The van der Waals surface area contributed by atoms with Gasteiger partial charge in [0.25, 0.3) is 0 Å². The SMILES string of the molecule is CC(C)(CCP(=S)(c1ccccc1)c1ccccc1)OC(=O)c1ccccc1. The van der Waals surface area contributed by atoms with Gasteiger partial charge in [-0.1, -0.05) is 90.7 Å². The van der Waals surface area contributed by atoms with Crippen molar-refractivity contribution in [1.82, 2.24) is 0 Å². The minimum Gasteiger partial charge on any atom is -0.456 e. The van der Waals surface area contributed by atoms with Crippen molar-refractivity contribution in [2.45, 2.75) is 25.9 Å². The zero-order valence-electron chi connectivity index (χ0n) is 16.2. The van der Waals surface area contributed by atoms with E-state index in [0.717, 1.165) is 6.16 Å². The Kier molecular flexibility index (Phi) is 6.49. The fraction of sp³-hybridized carbons (Fsp3) is 0.208. The molecule has 0 aromatic heterocycles. The molecule has 2 nitrogen and oxygen atoms in total. The first kappa shape index (κ1) is 20.5. The second-order valence-corrected chi connectivity index (χ2v) is 12.2. The molecule has 0 atom stereocenters. The number of carbonyl (C=O) groups excluding carboxylic acids is 1. The lowest BCUT2D eigenvalue weighted by Gasteiger charge is -2.30. The summed E-state index contributed by atoms with van der Waals surface area (Å²) in [6.45, 7) is 3.92. The van der Waals surface area contributed by atoms with Gasteiger partial charge in [0.15, 0.2) is 0 Å². The van der Waals surface area contributed by atoms with Gasteiger partial charge in [0.1, 0.15) is 5.60 Å². The van der Waals surface area contributed by atoms with Crippen LogP contribution in [0.2, 0.25) is 0 Å². The summed E-state index contributed by atoms with van der Waals surface area (Å²) in [7, 11) is 0. The van der Waals surface area contributed by atoms with Crippen molar-refractivity contribution in [3.63, 3.8) is 0 Å². The fourth-order valence-electron chi connectivity index (χ4n) is 3.11. The molecule has 144 valence electrons. The summed E-state index contributed by atoms with van der Waals surface area (Å²) < 4.78 is 5.82. The molecule has 0 aliphatic carbocycles. The normalized spacial score (nSPS) is 11.8. The average molecular weight is 409 g/mol. The van der Waals surface area contributed by atoms with Gasteiger partial charge in [-0.3, -0.25) is 0 Å². The van der Waals surface area contributed by atoms with Crippen LogP contribution in [0, 0.1) is 0 Å². The van der Waals surface area contributed by atoms with Crippen LogP contribution in [0.25, 0.3) is 0 Å². The third-order valence-corrected chi connectivity index (χ3v) is 9.68. The highest BCUT2D eigenvalue weighted by molar-refractivity contribution is 8.21. The Hall–Kier alpha value is -2.22. The van der Waals surface area contributed by atoms with Gasteiger partial charge in [-0.25, -0.2) is 4.79 Å². The number of hydrogen-bond donors (Lipinski definition) is 0. The molecule has 0 fully saturated rings. The van der Waals surface area contributed by atoms with Gasteiger partial charge in [0, 0.05) is 6.04 Å². The maximum atomic E-state index is 12.5. The first-order valence-corrected chi connectivity index (χ1v) is 12.4. The third kappa shape index (κ3) is 4.98. The molecule has 28 heavy (non-hydrogen) atoms. The summed E-state index contributed by atoms with van der Waals surface area (Å²) in [6, 6.07) is 27.8. The monoisotopic (exact) mass is 408 g/mol. The van der Waals surface area contributed by atoms with E-state index in [-0.39, 0.29) is 5.97 Å². The summed E-state index contributed by atoms with van der Waals surface area (Å²) in [4.78, 5) is 12.5. The largest absolute Gasteiger partial charge is 0.456 e. The van der Waals surface area contributed by atoms with Crippen molar-refractivity contribution in [2.24, 2.45) is 0 Å². The maximum absolute atomic E-state index is 12.5. The Bertz CT molecular complexity index is 910. The number of benzene rings is 3. The molecule has 3 rings (SSSR count). The van der Waals surface area contributed by atoms with Gasteiger partial charge >= 0.3 is 5.97 Å². The lowest BCUT2D eigenvalue weighted by Crippen LogP contribution is -2.31. The van der Waals surface area contributed by atoms with Crippen molar-refractivity contribution in [1.29, 1.82) is 0 Å². The molecule has 0 amide bonds. The number of hydrogen-bond acceptors (Lipinski definition) is 3. The molecule has 0 saturated heterocycles. The van der Waals surface area contributed by atoms with Crippen LogP contribution in [0.4, 0.5) is 0 Å². The van der Waals surface area contributed by atoms with E-state index in [1.807, 2.05) is 68.4 Å². The molecule has 0 unspecified atom stereocenters. The Morgan fingerprint density at radius 2 is 1.25 bits per heavy atom. The highest BCUT2D eigenvalue weighted by Gasteiger charge is 2.29. The van der Waals surface area contributed by atoms with Crippen LogP contribution in [0.1, 0.15) is 30.6 Å². The van der Waals surface area contributed by atoms with Gasteiger partial charge < -0.3 is 4.74 Å². The molecule has 0 saturated carbocycles. The summed E-state index contributed by atoms with van der Waals surface area (Å²) in [5, 5.41) is 2.39. The first-order chi connectivity index (χ1) is 13.4. The van der Waals surface area contributed by atoms with E-state index < -0.39 is 11.6 Å². The van der Waals surface area contributed by atoms with Crippen molar-refractivity contribution in [3.05, 3.63) is 96.6 Å². The molecule has 0 aliphatic rings. The lowest BCUT2D eigenvalue weighted by atomic mass is 10.1. The van der Waals surface area contributed by atoms with Crippen molar-refractivity contribution < 1.29 is 9.53 Å². The van der Waals surface area contributed by atoms with Crippen molar-refractivity contribution >= 4 is 34.4 Å². The predicted molar refractivity (Wildman–Crippen MR) is 122 cm³/mol. The fourth-order valence-corrected chi connectivity index (χ4v) is 7.09.